The minimum absolute atomic E-state index is 0.456. The second-order valence-corrected chi connectivity index (χ2v) is 6.41. The van der Waals surface area contributed by atoms with Crippen LogP contribution in [0.15, 0.2) is 42.5 Å². The summed E-state index contributed by atoms with van der Waals surface area (Å²) >= 11 is 0. The molecule has 0 spiro atoms. The summed E-state index contributed by atoms with van der Waals surface area (Å²) in [4.78, 5) is 13.4. The second-order valence-electron chi connectivity index (χ2n) is 6.41. The van der Waals surface area contributed by atoms with Gasteiger partial charge in [0, 0.05) is 26.2 Å². The van der Waals surface area contributed by atoms with Gasteiger partial charge >= 0.3 is 5.97 Å². The maximum atomic E-state index is 11.1. The van der Waals surface area contributed by atoms with Crippen LogP contribution in [-0.4, -0.2) is 41.7 Å². The van der Waals surface area contributed by atoms with Crippen LogP contribution in [0.4, 0.5) is 0 Å². The van der Waals surface area contributed by atoms with E-state index in [1.807, 2.05) is 0 Å². The number of hydrogen-bond acceptors (Lipinski definition) is 3. The fourth-order valence-electron chi connectivity index (χ4n) is 3.67. The Morgan fingerprint density at radius 3 is 2.87 bits per heavy atom. The van der Waals surface area contributed by atoms with Crippen LogP contribution < -0.4 is 5.32 Å². The summed E-state index contributed by atoms with van der Waals surface area (Å²) in [7, 11) is 0. The van der Waals surface area contributed by atoms with Gasteiger partial charge in [0.2, 0.25) is 0 Å². The topological polar surface area (TPSA) is 52.6 Å². The number of rotatable bonds is 3. The predicted molar refractivity (Wildman–Crippen MR) is 89.4 cm³/mol. The molecule has 1 saturated heterocycles. The zero-order chi connectivity index (χ0) is 15.8. The average molecular weight is 308 g/mol. The van der Waals surface area contributed by atoms with Gasteiger partial charge < -0.3 is 10.4 Å². The Morgan fingerprint density at radius 2 is 2.00 bits per heavy atom. The first-order chi connectivity index (χ1) is 11.2. The Balaban J connectivity index is 1.51. The average Bonchev–Trinajstić information content (AvgIpc) is 2.92. The summed E-state index contributed by atoms with van der Waals surface area (Å²) in [6.45, 7) is 3.00. The predicted octanol–water partition coefficient (Wildman–Crippen LogP) is 2.12. The maximum Gasteiger partial charge on any atom is 0.322 e. The third-order valence-electron chi connectivity index (χ3n) is 4.82. The Hall–Kier alpha value is -2.17. The van der Waals surface area contributed by atoms with Crippen LogP contribution in [0.5, 0.6) is 0 Å². The zero-order valence-corrected chi connectivity index (χ0v) is 13.0. The molecule has 0 radical (unpaired) electrons. The molecule has 4 heteroatoms. The molecule has 1 aliphatic heterocycles. The minimum Gasteiger partial charge on any atom is -0.480 e. The number of nitrogens with one attached hydrogen (secondary N) is 1. The highest BCUT2D eigenvalue weighted by molar-refractivity contribution is 5.77. The van der Waals surface area contributed by atoms with E-state index in [4.69, 9.17) is 5.11 Å². The molecule has 4 rings (SSSR count). The number of piperazine rings is 1. The molecule has 0 aromatic heterocycles. The van der Waals surface area contributed by atoms with Crippen LogP contribution in [-0.2, 0) is 17.8 Å². The van der Waals surface area contributed by atoms with Crippen LogP contribution >= 0.6 is 0 Å². The van der Waals surface area contributed by atoms with E-state index in [2.05, 4.69) is 52.7 Å². The van der Waals surface area contributed by atoms with E-state index in [0.29, 0.717) is 6.54 Å². The number of carboxylic acid groups (broad SMARTS) is 1. The van der Waals surface area contributed by atoms with E-state index < -0.39 is 12.0 Å². The van der Waals surface area contributed by atoms with E-state index in [1.54, 1.807) is 0 Å². The van der Waals surface area contributed by atoms with E-state index in [9.17, 15) is 4.79 Å². The standard InChI is InChI=1S/C19H20N2O2/c22-19(23)18-12-21(8-7-20-18)11-13-5-6-17-15(9-13)10-14-3-1-2-4-16(14)17/h1-6,9,18,20H,7-8,10-12H2,(H,22,23)/t18-/m1/s1. The summed E-state index contributed by atoms with van der Waals surface area (Å²) in [6, 6.07) is 14.8. The molecule has 1 heterocycles. The highest BCUT2D eigenvalue weighted by atomic mass is 16.4. The van der Waals surface area contributed by atoms with E-state index in [-0.39, 0.29) is 0 Å². The van der Waals surface area contributed by atoms with Gasteiger partial charge in [-0.1, -0.05) is 42.5 Å². The first-order valence-electron chi connectivity index (χ1n) is 8.09. The molecule has 1 aliphatic carbocycles. The van der Waals surface area contributed by atoms with Crippen molar-refractivity contribution in [2.75, 3.05) is 19.6 Å². The summed E-state index contributed by atoms with van der Waals surface area (Å²) in [5.74, 6) is -0.765. The van der Waals surface area contributed by atoms with Crippen molar-refractivity contribution in [3.8, 4) is 11.1 Å². The Bertz CT molecular complexity index is 757. The first kappa shape index (κ1) is 14.4. The van der Waals surface area contributed by atoms with Crippen molar-refractivity contribution in [2.24, 2.45) is 0 Å². The van der Waals surface area contributed by atoms with E-state index in [1.165, 1.54) is 27.8 Å². The highest BCUT2D eigenvalue weighted by Crippen LogP contribution is 2.36. The Morgan fingerprint density at radius 1 is 1.17 bits per heavy atom. The first-order valence-corrected chi connectivity index (χ1v) is 8.09. The van der Waals surface area contributed by atoms with Crippen LogP contribution in [0.3, 0.4) is 0 Å². The molecule has 0 bridgehead atoms. The van der Waals surface area contributed by atoms with Gasteiger partial charge in [0.05, 0.1) is 0 Å². The third-order valence-corrected chi connectivity index (χ3v) is 4.82. The lowest BCUT2D eigenvalue weighted by molar-refractivity contribution is -0.140. The van der Waals surface area contributed by atoms with Gasteiger partial charge in [0.25, 0.3) is 0 Å². The summed E-state index contributed by atoms with van der Waals surface area (Å²) < 4.78 is 0. The second kappa shape index (κ2) is 5.80. The van der Waals surface area contributed by atoms with Gasteiger partial charge in [-0.05, 0) is 34.2 Å². The smallest absolute Gasteiger partial charge is 0.322 e. The molecule has 23 heavy (non-hydrogen) atoms. The highest BCUT2D eigenvalue weighted by Gasteiger charge is 2.25. The van der Waals surface area contributed by atoms with Gasteiger partial charge in [-0.15, -0.1) is 0 Å². The summed E-state index contributed by atoms with van der Waals surface area (Å²) in [6.07, 6.45) is 0.999. The molecule has 2 aliphatic rings. The Kier molecular flexibility index (Phi) is 3.63. The van der Waals surface area contributed by atoms with Crippen molar-refractivity contribution in [2.45, 2.75) is 19.0 Å². The lowest BCUT2D eigenvalue weighted by Crippen LogP contribution is -2.53. The molecular weight excluding hydrogens is 288 g/mol. The molecule has 0 amide bonds. The van der Waals surface area contributed by atoms with Crippen LogP contribution in [0, 0.1) is 0 Å². The van der Waals surface area contributed by atoms with Crippen LogP contribution in [0.2, 0.25) is 0 Å². The molecule has 1 atom stereocenters. The third kappa shape index (κ3) is 2.76. The number of nitrogens with zero attached hydrogens (tertiary/aromatic N) is 1. The zero-order valence-electron chi connectivity index (χ0n) is 13.0. The quantitative estimate of drug-likeness (QED) is 0.778. The maximum absolute atomic E-state index is 11.1. The van der Waals surface area contributed by atoms with Crippen molar-refractivity contribution >= 4 is 5.97 Å². The monoisotopic (exact) mass is 308 g/mol. The number of fused-ring (bicyclic) bond motifs is 3. The molecule has 2 aromatic rings. The van der Waals surface area contributed by atoms with Gasteiger partial charge in [0.1, 0.15) is 6.04 Å². The number of benzene rings is 2. The van der Waals surface area contributed by atoms with E-state index >= 15 is 0 Å². The van der Waals surface area contributed by atoms with Crippen molar-refractivity contribution in [3.63, 3.8) is 0 Å². The number of carbonyl (C=O) groups is 1. The lowest BCUT2D eigenvalue weighted by atomic mass is 10.0. The SMILES string of the molecule is O=C(O)[C@H]1CN(Cc2ccc3c(c2)Cc2ccccc2-3)CCN1. The largest absolute Gasteiger partial charge is 0.480 e. The number of carboxylic acids is 1. The lowest BCUT2D eigenvalue weighted by Gasteiger charge is -2.31. The normalized spacial score (nSPS) is 20.1. The molecule has 2 aromatic carbocycles. The van der Waals surface area contributed by atoms with Gasteiger partial charge in [-0.3, -0.25) is 9.69 Å². The Labute approximate surface area is 135 Å². The summed E-state index contributed by atoms with van der Waals surface area (Å²) in [5.41, 5.74) is 6.74. The molecule has 118 valence electrons. The fourth-order valence-corrected chi connectivity index (χ4v) is 3.67. The summed E-state index contributed by atoms with van der Waals surface area (Å²) in [5, 5.41) is 12.2. The van der Waals surface area contributed by atoms with Crippen molar-refractivity contribution < 1.29 is 9.90 Å². The van der Waals surface area contributed by atoms with Gasteiger partial charge in [-0.25, -0.2) is 0 Å². The minimum atomic E-state index is -0.765. The van der Waals surface area contributed by atoms with Crippen molar-refractivity contribution in [1.29, 1.82) is 0 Å². The fraction of sp³-hybridized carbons (Fsp3) is 0.316. The van der Waals surface area contributed by atoms with Gasteiger partial charge in [-0.2, -0.15) is 0 Å². The van der Waals surface area contributed by atoms with Crippen LogP contribution in [0.25, 0.3) is 11.1 Å². The van der Waals surface area contributed by atoms with Crippen molar-refractivity contribution in [3.05, 3.63) is 59.2 Å². The van der Waals surface area contributed by atoms with Crippen LogP contribution in [0.1, 0.15) is 16.7 Å². The van der Waals surface area contributed by atoms with E-state index in [0.717, 1.165) is 26.1 Å². The van der Waals surface area contributed by atoms with Gasteiger partial charge in [0.15, 0.2) is 0 Å². The number of hydrogen-bond donors (Lipinski definition) is 2. The molecule has 0 saturated carbocycles. The molecule has 2 N–H and O–H groups in total. The molecular formula is C19H20N2O2. The molecule has 4 nitrogen and oxygen atoms in total. The molecule has 1 fully saturated rings. The molecule has 0 unspecified atom stereocenters. The number of aliphatic carboxylic acids is 1. The van der Waals surface area contributed by atoms with Crippen molar-refractivity contribution in [1.82, 2.24) is 10.2 Å².